The highest BCUT2D eigenvalue weighted by Crippen LogP contribution is 2.34. The maximum Gasteiger partial charge on any atom is 0.451 e. The van der Waals surface area contributed by atoms with E-state index in [1.165, 1.54) is 12.3 Å². The third-order valence-electron chi connectivity index (χ3n) is 5.31. The average molecular weight is 519 g/mol. The van der Waals surface area contributed by atoms with Crippen molar-refractivity contribution in [2.45, 2.75) is 25.4 Å². The van der Waals surface area contributed by atoms with Crippen LogP contribution in [0.15, 0.2) is 58.5 Å². The number of hydrogen-bond donors (Lipinski definition) is 4. The van der Waals surface area contributed by atoms with Gasteiger partial charge in [0.1, 0.15) is 12.2 Å². The SMILES string of the molecule is C=N/C(=C\N(N)c1ccc(F)c(F)c1)C(CC)c1cc(-c2cnc(C(F)(F)F)nc2)c(C(N)=NC=N)[nH]1. The van der Waals surface area contributed by atoms with Crippen molar-refractivity contribution >= 4 is 24.6 Å². The first kappa shape index (κ1) is 27.1. The zero-order valence-electron chi connectivity index (χ0n) is 19.4. The van der Waals surface area contributed by atoms with Crippen LogP contribution in [-0.4, -0.2) is 33.8 Å². The summed E-state index contributed by atoms with van der Waals surface area (Å²) in [6, 6.07) is 4.73. The number of aliphatic imine (C=N–C) groups is 2. The number of allylic oxidation sites excluding steroid dienone is 1. The Morgan fingerprint density at radius 3 is 2.43 bits per heavy atom. The number of H-pyrrole nitrogens is 1. The van der Waals surface area contributed by atoms with E-state index in [1.807, 2.05) is 6.92 Å². The van der Waals surface area contributed by atoms with Crippen molar-refractivity contribution < 1.29 is 22.0 Å². The van der Waals surface area contributed by atoms with Gasteiger partial charge in [0, 0.05) is 47.4 Å². The van der Waals surface area contributed by atoms with Crippen molar-refractivity contribution in [3.05, 3.63) is 77.4 Å². The minimum atomic E-state index is -4.71. The largest absolute Gasteiger partial charge is 0.451 e. The van der Waals surface area contributed by atoms with Gasteiger partial charge in [-0.3, -0.25) is 15.4 Å². The Balaban J connectivity index is 2.07. The van der Waals surface area contributed by atoms with Crippen molar-refractivity contribution in [2.75, 3.05) is 5.01 Å². The van der Waals surface area contributed by atoms with Gasteiger partial charge in [0.15, 0.2) is 11.6 Å². The number of benzene rings is 1. The summed E-state index contributed by atoms with van der Waals surface area (Å²) in [4.78, 5) is 17.6. The molecule has 0 saturated heterocycles. The molecule has 2 heterocycles. The van der Waals surface area contributed by atoms with E-state index in [9.17, 15) is 22.0 Å². The zero-order valence-corrected chi connectivity index (χ0v) is 19.4. The van der Waals surface area contributed by atoms with E-state index in [0.29, 0.717) is 29.7 Å². The van der Waals surface area contributed by atoms with Crippen LogP contribution in [0.4, 0.5) is 27.6 Å². The molecule has 0 aliphatic carbocycles. The normalized spacial score (nSPS) is 13.4. The first-order valence-corrected chi connectivity index (χ1v) is 10.6. The molecule has 3 aromatic rings. The van der Waals surface area contributed by atoms with E-state index in [4.69, 9.17) is 17.0 Å². The van der Waals surface area contributed by atoms with Gasteiger partial charge in [-0.2, -0.15) is 13.2 Å². The summed E-state index contributed by atoms with van der Waals surface area (Å²) in [7, 11) is 0. The number of nitrogens with one attached hydrogen (secondary N) is 2. The molecular formula is C23H22F5N9. The van der Waals surface area contributed by atoms with E-state index in [-0.39, 0.29) is 22.8 Å². The number of amidine groups is 1. The van der Waals surface area contributed by atoms with Crippen LogP contribution in [0.3, 0.4) is 0 Å². The van der Waals surface area contributed by atoms with Gasteiger partial charge in [0.2, 0.25) is 5.82 Å². The highest BCUT2D eigenvalue weighted by molar-refractivity contribution is 6.04. The molecule has 0 spiro atoms. The van der Waals surface area contributed by atoms with Crippen molar-refractivity contribution in [1.29, 1.82) is 5.41 Å². The molecule has 0 saturated carbocycles. The van der Waals surface area contributed by atoms with Crippen LogP contribution in [0.2, 0.25) is 0 Å². The monoisotopic (exact) mass is 519 g/mol. The van der Waals surface area contributed by atoms with E-state index < -0.39 is 29.6 Å². The molecular weight excluding hydrogens is 497 g/mol. The average Bonchev–Trinajstić information content (AvgIpc) is 3.30. The summed E-state index contributed by atoms with van der Waals surface area (Å²) < 4.78 is 65.7. The van der Waals surface area contributed by atoms with E-state index in [1.54, 1.807) is 6.07 Å². The maximum atomic E-state index is 13.7. The second-order valence-corrected chi connectivity index (χ2v) is 7.63. The molecule has 0 amide bonds. The molecule has 0 bridgehead atoms. The summed E-state index contributed by atoms with van der Waals surface area (Å²) in [5.41, 5.74) is 7.74. The topological polar surface area (TPSA) is 145 Å². The predicted molar refractivity (Wildman–Crippen MR) is 130 cm³/mol. The Kier molecular flexibility index (Phi) is 8.12. The van der Waals surface area contributed by atoms with Gasteiger partial charge in [0.05, 0.1) is 17.1 Å². The predicted octanol–water partition coefficient (Wildman–Crippen LogP) is 4.50. The van der Waals surface area contributed by atoms with E-state index in [0.717, 1.165) is 29.5 Å². The number of rotatable bonds is 9. The number of anilines is 1. The fraction of sp³-hybridized carbons (Fsp3) is 0.174. The number of hydrogen-bond acceptors (Lipinski definition) is 6. The maximum absolute atomic E-state index is 13.7. The molecule has 0 radical (unpaired) electrons. The molecule has 1 atom stereocenters. The molecule has 1 unspecified atom stereocenters. The summed E-state index contributed by atoms with van der Waals surface area (Å²) in [5.74, 6) is 2.00. The Hall–Kier alpha value is -4.46. The van der Waals surface area contributed by atoms with E-state index >= 15 is 0 Å². The Bertz CT molecular complexity index is 1340. The summed E-state index contributed by atoms with van der Waals surface area (Å²) >= 11 is 0. The van der Waals surface area contributed by atoms with Crippen LogP contribution in [-0.2, 0) is 6.18 Å². The lowest BCUT2D eigenvalue weighted by atomic mass is 9.98. The number of alkyl halides is 3. The van der Waals surface area contributed by atoms with Gasteiger partial charge in [0.25, 0.3) is 0 Å². The highest BCUT2D eigenvalue weighted by Gasteiger charge is 2.34. The molecule has 1 aromatic carbocycles. The molecule has 2 aromatic heterocycles. The zero-order chi connectivity index (χ0) is 27.3. The quantitative estimate of drug-likeness (QED) is 0.108. The first-order chi connectivity index (χ1) is 17.5. The highest BCUT2D eigenvalue weighted by atomic mass is 19.4. The van der Waals surface area contributed by atoms with Gasteiger partial charge >= 0.3 is 6.18 Å². The molecule has 6 N–H and O–H groups in total. The second kappa shape index (κ2) is 11.1. The molecule has 14 heteroatoms. The van der Waals surface area contributed by atoms with Crippen LogP contribution in [0, 0.1) is 17.0 Å². The Morgan fingerprint density at radius 2 is 1.89 bits per heavy atom. The fourth-order valence-corrected chi connectivity index (χ4v) is 3.53. The van der Waals surface area contributed by atoms with Gasteiger partial charge in [-0.15, -0.1) is 0 Å². The summed E-state index contributed by atoms with van der Waals surface area (Å²) in [6.45, 7) is 5.40. The number of aromatic amines is 1. The number of nitrogens with two attached hydrogens (primary N) is 2. The molecule has 0 aliphatic rings. The van der Waals surface area contributed by atoms with Crippen molar-refractivity contribution in [3.63, 3.8) is 0 Å². The third kappa shape index (κ3) is 6.03. The van der Waals surface area contributed by atoms with Crippen LogP contribution < -0.4 is 16.6 Å². The number of nitrogens with zero attached hydrogens (tertiary/aromatic N) is 5. The van der Waals surface area contributed by atoms with Crippen LogP contribution in [0.25, 0.3) is 11.1 Å². The van der Waals surface area contributed by atoms with Gasteiger partial charge in [-0.1, -0.05) is 6.92 Å². The number of halogens is 5. The smallest absolute Gasteiger partial charge is 0.382 e. The molecule has 0 aliphatic heterocycles. The van der Waals surface area contributed by atoms with Crippen LogP contribution in [0.5, 0.6) is 0 Å². The molecule has 37 heavy (non-hydrogen) atoms. The Labute approximate surface area is 208 Å². The molecule has 0 fully saturated rings. The molecule has 194 valence electrons. The second-order valence-electron chi connectivity index (χ2n) is 7.63. The standard InChI is InChI=1S/C23H22F5N9/c1-3-14(19(32-2)10-37(31)13-4-5-16(24)17(25)6-13)18-7-15(20(36-18)21(30)35-11-29)12-8-33-22(34-9-12)23(26,27)28/h4-11,14,36H,2-3,31H2,1H3,(H3,29,30,35)/b19-10-. The van der Waals surface area contributed by atoms with E-state index in [2.05, 4.69) is 31.7 Å². The summed E-state index contributed by atoms with van der Waals surface area (Å²) in [5, 5.41) is 8.26. The number of hydrazine groups is 1. The van der Waals surface area contributed by atoms with Gasteiger partial charge in [-0.05, 0) is 31.3 Å². The van der Waals surface area contributed by atoms with Crippen molar-refractivity contribution in [1.82, 2.24) is 15.0 Å². The minimum Gasteiger partial charge on any atom is -0.382 e. The summed E-state index contributed by atoms with van der Waals surface area (Å²) in [6.07, 6.45) is -0.179. The first-order valence-electron chi connectivity index (χ1n) is 10.6. The van der Waals surface area contributed by atoms with Crippen molar-refractivity contribution in [2.24, 2.45) is 21.6 Å². The van der Waals surface area contributed by atoms with Crippen LogP contribution in [0.1, 0.15) is 36.5 Å². The molecule has 9 nitrogen and oxygen atoms in total. The van der Waals surface area contributed by atoms with Gasteiger partial charge < -0.3 is 10.7 Å². The lowest BCUT2D eigenvalue weighted by Crippen LogP contribution is -2.25. The van der Waals surface area contributed by atoms with Crippen LogP contribution >= 0.6 is 0 Å². The minimum absolute atomic E-state index is 0.106. The fourth-order valence-electron chi connectivity index (χ4n) is 3.53. The number of aromatic nitrogens is 3. The van der Waals surface area contributed by atoms with Gasteiger partial charge in [-0.25, -0.2) is 29.6 Å². The Morgan fingerprint density at radius 1 is 1.22 bits per heavy atom. The lowest BCUT2D eigenvalue weighted by molar-refractivity contribution is -0.144. The third-order valence-corrected chi connectivity index (χ3v) is 5.31. The van der Waals surface area contributed by atoms with Crippen molar-refractivity contribution in [3.8, 4) is 11.1 Å². The molecule has 3 rings (SSSR count). The lowest BCUT2D eigenvalue weighted by Gasteiger charge is -2.19.